The summed E-state index contributed by atoms with van der Waals surface area (Å²) in [4.78, 5) is 0. The van der Waals surface area contributed by atoms with Crippen molar-refractivity contribution in [3.8, 4) is 11.5 Å². The lowest BCUT2D eigenvalue weighted by Gasteiger charge is -2.08. The standard InChI is InChI=1S/C20H15BrN2OS/c21-14-5-9-16(10-6-14)24-17-11-7-15(8-12-17)22-13-19-18-3-1-2-4-20(18)25-23-19/h1-12,22H,13H2. The van der Waals surface area contributed by atoms with Gasteiger partial charge in [-0.2, -0.15) is 4.37 Å². The molecule has 0 amide bonds. The Morgan fingerprint density at radius 1 is 0.880 bits per heavy atom. The second-order valence-electron chi connectivity index (χ2n) is 5.56. The number of benzene rings is 3. The molecule has 4 aromatic rings. The zero-order valence-corrected chi connectivity index (χ0v) is 15.7. The first-order valence-electron chi connectivity index (χ1n) is 7.88. The zero-order chi connectivity index (χ0) is 17.1. The summed E-state index contributed by atoms with van der Waals surface area (Å²) in [6.45, 7) is 0.705. The van der Waals surface area contributed by atoms with Crippen LogP contribution in [0.4, 0.5) is 5.69 Å². The average molecular weight is 411 g/mol. The molecule has 25 heavy (non-hydrogen) atoms. The lowest BCUT2D eigenvalue weighted by atomic mass is 10.2. The Kier molecular flexibility index (Phi) is 4.68. The van der Waals surface area contributed by atoms with Crippen molar-refractivity contribution in [3.63, 3.8) is 0 Å². The maximum atomic E-state index is 5.84. The highest BCUT2D eigenvalue weighted by atomic mass is 79.9. The van der Waals surface area contributed by atoms with Gasteiger partial charge in [-0.1, -0.05) is 34.1 Å². The van der Waals surface area contributed by atoms with Gasteiger partial charge >= 0.3 is 0 Å². The molecular weight excluding hydrogens is 396 g/mol. The van der Waals surface area contributed by atoms with E-state index in [2.05, 4.69) is 43.8 Å². The maximum Gasteiger partial charge on any atom is 0.127 e. The van der Waals surface area contributed by atoms with Gasteiger partial charge in [0.1, 0.15) is 11.5 Å². The number of anilines is 1. The fraction of sp³-hybridized carbons (Fsp3) is 0.0500. The van der Waals surface area contributed by atoms with Crippen LogP contribution < -0.4 is 10.1 Å². The van der Waals surface area contributed by atoms with Crippen molar-refractivity contribution in [1.82, 2.24) is 4.37 Å². The van der Waals surface area contributed by atoms with Crippen LogP contribution in [-0.4, -0.2) is 4.37 Å². The van der Waals surface area contributed by atoms with Crippen molar-refractivity contribution in [2.75, 3.05) is 5.32 Å². The van der Waals surface area contributed by atoms with Crippen LogP contribution in [0.3, 0.4) is 0 Å². The number of fused-ring (bicyclic) bond motifs is 1. The van der Waals surface area contributed by atoms with Crippen LogP contribution >= 0.6 is 27.5 Å². The Labute approximate surface area is 158 Å². The highest BCUT2D eigenvalue weighted by molar-refractivity contribution is 9.10. The van der Waals surface area contributed by atoms with Gasteiger partial charge in [-0.05, 0) is 66.1 Å². The van der Waals surface area contributed by atoms with E-state index >= 15 is 0 Å². The smallest absolute Gasteiger partial charge is 0.127 e. The molecule has 124 valence electrons. The van der Waals surface area contributed by atoms with E-state index < -0.39 is 0 Å². The van der Waals surface area contributed by atoms with Crippen molar-refractivity contribution >= 4 is 43.2 Å². The van der Waals surface area contributed by atoms with Crippen LogP contribution in [0, 0.1) is 0 Å². The molecular formula is C20H15BrN2OS. The molecule has 3 aromatic carbocycles. The van der Waals surface area contributed by atoms with Crippen LogP contribution in [-0.2, 0) is 6.54 Å². The number of halogens is 1. The molecule has 0 bridgehead atoms. The SMILES string of the molecule is Brc1ccc(Oc2ccc(NCc3nsc4ccccc34)cc2)cc1. The van der Waals surface area contributed by atoms with Crippen molar-refractivity contribution in [1.29, 1.82) is 0 Å². The molecule has 1 aromatic heterocycles. The van der Waals surface area contributed by atoms with E-state index in [1.807, 2.05) is 54.6 Å². The van der Waals surface area contributed by atoms with Gasteiger partial charge in [-0.25, -0.2) is 0 Å². The number of hydrogen-bond acceptors (Lipinski definition) is 4. The van der Waals surface area contributed by atoms with E-state index in [1.54, 1.807) is 11.5 Å². The zero-order valence-electron chi connectivity index (χ0n) is 13.3. The van der Waals surface area contributed by atoms with Gasteiger partial charge in [-0.3, -0.25) is 0 Å². The van der Waals surface area contributed by atoms with Crippen molar-refractivity contribution in [2.45, 2.75) is 6.54 Å². The molecule has 0 unspecified atom stereocenters. The summed E-state index contributed by atoms with van der Waals surface area (Å²) in [5.41, 5.74) is 2.12. The summed E-state index contributed by atoms with van der Waals surface area (Å²) in [6.07, 6.45) is 0. The van der Waals surface area contributed by atoms with Crippen LogP contribution in [0.5, 0.6) is 11.5 Å². The number of hydrogen-bond donors (Lipinski definition) is 1. The van der Waals surface area contributed by atoms with E-state index in [0.717, 1.165) is 27.4 Å². The summed E-state index contributed by atoms with van der Waals surface area (Å²) in [5, 5.41) is 4.64. The van der Waals surface area contributed by atoms with E-state index in [-0.39, 0.29) is 0 Å². The highest BCUT2D eigenvalue weighted by Gasteiger charge is 2.05. The molecule has 0 saturated carbocycles. The van der Waals surface area contributed by atoms with Crippen molar-refractivity contribution < 1.29 is 4.74 Å². The first-order chi connectivity index (χ1) is 12.3. The Hall–Kier alpha value is -2.37. The van der Waals surface area contributed by atoms with Crippen LogP contribution in [0.25, 0.3) is 10.1 Å². The van der Waals surface area contributed by atoms with Crippen LogP contribution in [0.1, 0.15) is 5.69 Å². The predicted molar refractivity (Wildman–Crippen MR) is 108 cm³/mol. The second-order valence-corrected chi connectivity index (χ2v) is 7.28. The molecule has 0 saturated heterocycles. The molecule has 0 fully saturated rings. The maximum absolute atomic E-state index is 5.84. The Morgan fingerprint density at radius 2 is 1.56 bits per heavy atom. The third-order valence-electron chi connectivity index (χ3n) is 3.82. The number of nitrogens with zero attached hydrogens (tertiary/aromatic N) is 1. The minimum atomic E-state index is 0.705. The van der Waals surface area contributed by atoms with Crippen molar-refractivity contribution in [2.24, 2.45) is 0 Å². The van der Waals surface area contributed by atoms with Crippen molar-refractivity contribution in [3.05, 3.63) is 83.0 Å². The normalized spacial score (nSPS) is 10.8. The molecule has 0 atom stereocenters. The van der Waals surface area contributed by atoms with E-state index in [0.29, 0.717) is 6.54 Å². The summed E-state index contributed by atoms with van der Waals surface area (Å²) in [6, 6.07) is 24.1. The van der Waals surface area contributed by atoms with Crippen LogP contribution in [0.2, 0.25) is 0 Å². The van der Waals surface area contributed by atoms with Crippen LogP contribution in [0.15, 0.2) is 77.3 Å². The first kappa shape index (κ1) is 16.1. The molecule has 1 heterocycles. The fourth-order valence-corrected chi connectivity index (χ4v) is 3.59. The van der Waals surface area contributed by atoms with Gasteiger partial charge in [0.25, 0.3) is 0 Å². The minimum Gasteiger partial charge on any atom is -0.457 e. The topological polar surface area (TPSA) is 34.1 Å². The molecule has 1 N–H and O–H groups in total. The van der Waals surface area contributed by atoms with E-state index in [9.17, 15) is 0 Å². The molecule has 0 spiro atoms. The third kappa shape index (κ3) is 3.83. The summed E-state index contributed by atoms with van der Waals surface area (Å²) < 4.78 is 12.6. The molecule has 0 aliphatic carbocycles. The number of aromatic nitrogens is 1. The molecule has 0 aliphatic rings. The first-order valence-corrected chi connectivity index (χ1v) is 9.45. The monoisotopic (exact) mass is 410 g/mol. The molecule has 0 radical (unpaired) electrons. The Bertz CT molecular complexity index is 981. The fourth-order valence-electron chi connectivity index (χ4n) is 2.53. The molecule has 0 aliphatic heterocycles. The number of rotatable bonds is 5. The largest absolute Gasteiger partial charge is 0.457 e. The lowest BCUT2D eigenvalue weighted by molar-refractivity contribution is 0.482. The molecule has 4 rings (SSSR count). The van der Waals surface area contributed by atoms with Gasteiger partial charge < -0.3 is 10.1 Å². The lowest BCUT2D eigenvalue weighted by Crippen LogP contribution is -1.99. The van der Waals surface area contributed by atoms with E-state index in [4.69, 9.17) is 4.74 Å². The van der Waals surface area contributed by atoms with Gasteiger partial charge in [0.15, 0.2) is 0 Å². The van der Waals surface area contributed by atoms with Gasteiger partial charge in [0.05, 0.1) is 16.9 Å². The average Bonchev–Trinajstić information content (AvgIpc) is 3.06. The molecule has 5 heteroatoms. The Morgan fingerprint density at radius 3 is 2.32 bits per heavy atom. The Balaban J connectivity index is 1.41. The third-order valence-corrected chi connectivity index (χ3v) is 5.21. The number of nitrogens with one attached hydrogen (secondary N) is 1. The predicted octanol–water partition coefficient (Wildman–Crippen LogP) is 6.46. The second kappa shape index (κ2) is 7.25. The van der Waals surface area contributed by atoms with Gasteiger partial charge in [0.2, 0.25) is 0 Å². The quantitative estimate of drug-likeness (QED) is 0.409. The number of ether oxygens (including phenoxy) is 1. The summed E-state index contributed by atoms with van der Waals surface area (Å²) >= 11 is 4.96. The summed E-state index contributed by atoms with van der Waals surface area (Å²) in [5.74, 6) is 1.63. The van der Waals surface area contributed by atoms with Gasteiger partial charge in [-0.15, -0.1) is 0 Å². The van der Waals surface area contributed by atoms with Gasteiger partial charge in [0, 0.05) is 15.5 Å². The highest BCUT2D eigenvalue weighted by Crippen LogP contribution is 2.26. The molecule has 3 nitrogen and oxygen atoms in total. The minimum absolute atomic E-state index is 0.705. The van der Waals surface area contributed by atoms with E-state index in [1.165, 1.54) is 10.1 Å². The summed E-state index contributed by atoms with van der Waals surface area (Å²) in [7, 11) is 0.